The Morgan fingerprint density at radius 3 is 2.76 bits per heavy atom. The summed E-state index contributed by atoms with van der Waals surface area (Å²) in [4.78, 5) is 10.9. The number of methoxy groups -OCH3 is 1. The largest absolute Gasteiger partial charge is 0.504 e. The van der Waals surface area contributed by atoms with Crippen LogP contribution in [0.25, 0.3) is 6.08 Å². The molecule has 0 aliphatic rings. The lowest BCUT2D eigenvalue weighted by molar-refractivity contribution is -0.114. The Balaban J connectivity index is 3.33. The average molecular weight is 297 g/mol. The van der Waals surface area contributed by atoms with Crippen LogP contribution in [0, 0.1) is 11.3 Å². The van der Waals surface area contributed by atoms with Crippen molar-refractivity contribution in [3.63, 3.8) is 0 Å². The Kier molecular flexibility index (Phi) is 4.12. The number of carbonyl (C=O) groups excluding carboxylic acids is 1. The molecule has 1 rings (SSSR count). The Morgan fingerprint density at radius 2 is 2.29 bits per heavy atom. The second-order valence-electron chi connectivity index (χ2n) is 3.08. The number of phenols is 1. The molecule has 0 aromatic heterocycles. The van der Waals surface area contributed by atoms with Gasteiger partial charge in [-0.3, -0.25) is 4.79 Å². The number of halogens is 1. The van der Waals surface area contributed by atoms with Crippen molar-refractivity contribution in [3.8, 4) is 17.6 Å². The molecule has 0 heterocycles. The highest BCUT2D eigenvalue weighted by Crippen LogP contribution is 2.33. The summed E-state index contributed by atoms with van der Waals surface area (Å²) < 4.78 is 5.44. The van der Waals surface area contributed by atoms with Crippen molar-refractivity contribution in [3.05, 3.63) is 27.7 Å². The van der Waals surface area contributed by atoms with Crippen LogP contribution in [0.15, 0.2) is 22.2 Å². The monoisotopic (exact) mass is 296 g/mol. The number of hydrogen-bond acceptors (Lipinski definition) is 4. The Labute approximate surface area is 106 Å². The molecule has 0 unspecified atom stereocenters. The molecule has 1 aromatic carbocycles. The number of nitrogens with two attached hydrogens (primary N) is 1. The van der Waals surface area contributed by atoms with E-state index in [0.29, 0.717) is 10.0 Å². The van der Waals surface area contributed by atoms with E-state index in [-0.39, 0.29) is 17.1 Å². The highest BCUT2D eigenvalue weighted by Gasteiger charge is 2.09. The fourth-order valence-corrected chi connectivity index (χ4v) is 1.59. The minimum atomic E-state index is -0.813. The van der Waals surface area contributed by atoms with E-state index in [0.717, 1.165) is 0 Å². The lowest BCUT2D eigenvalue weighted by Gasteiger charge is -2.06. The summed E-state index contributed by atoms with van der Waals surface area (Å²) in [7, 11) is 1.40. The zero-order chi connectivity index (χ0) is 13.0. The third-order valence-corrected chi connectivity index (χ3v) is 2.67. The Morgan fingerprint density at radius 1 is 1.65 bits per heavy atom. The van der Waals surface area contributed by atoms with Gasteiger partial charge in [-0.15, -0.1) is 0 Å². The minimum absolute atomic E-state index is 0.0471. The van der Waals surface area contributed by atoms with Crippen molar-refractivity contribution < 1.29 is 14.6 Å². The van der Waals surface area contributed by atoms with E-state index in [4.69, 9.17) is 15.7 Å². The van der Waals surface area contributed by atoms with Crippen LogP contribution in [-0.4, -0.2) is 18.1 Å². The number of carbonyl (C=O) groups is 1. The molecule has 5 nitrogen and oxygen atoms in total. The van der Waals surface area contributed by atoms with Crippen LogP contribution in [0.2, 0.25) is 0 Å². The van der Waals surface area contributed by atoms with E-state index in [2.05, 4.69) is 15.9 Å². The first-order chi connectivity index (χ1) is 7.99. The number of nitriles is 1. The van der Waals surface area contributed by atoms with E-state index >= 15 is 0 Å². The smallest absolute Gasteiger partial charge is 0.259 e. The zero-order valence-electron chi connectivity index (χ0n) is 8.90. The first-order valence-corrected chi connectivity index (χ1v) is 5.27. The molecule has 0 spiro atoms. The molecule has 6 heteroatoms. The van der Waals surface area contributed by atoms with Gasteiger partial charge in [-0.25, -0.2) is 0 Å². The second kappa shape index (κ2) is 5.37. The molecule has 88 valence electrons. The second-order valence-corrected chi connectivity index (χ2v) is 3.93. The van der Waals surface area contributed by atoms with Gasteiger partial charge in [-0.05, 0) is 23.8 Å². The summed E-state index contributed by atoms with van der Waals surface area (Å²) in [5.41, 5.74) is 5.35. The summed E-state index contributed by atoms with van der Waals surface area (Å²) in [5, 5.41) is 18.2. The molecule has 1 aromatic rings. The van der Waals surface area contributed by atoms with Crippen LogP contribution in [0.3, 0.4) is 0 Å². The van der Waals surface area contributed by atoms with Crippen LogP contribution < -0.4 is 10.5 Å². The number of hydrogen-bond donors (Lipinski definition) is 2. The summed E-state index contributed by atoms with van der Waals surface area (Å²) in [6.45, 7) is 0. The van der Waals surface area contributed by atoms with Gasteiger partial charge in [0.25, 0.3) is 5.91 Å². The lowest BCUT2D eigenvalue weighted by atomic mass is 10.1. The highest BCUT2D eigenvalue weighted by molar-refractivity contribution is 9.10. The molecule has 1 amide bonds. The number of nitrogens with zero attached hydrogens (tertiary/aromatic N) is 1. The summed E-state index contributed by atoms with van der Waals surface area (Å²) >= 11 is 3.20. The van der Waals surface area contributed by atoms with Gasteiger partial charge >= 0.3 is 0 Å². The minimum Gasteiger partial charge on any atom is -0.504 e. The maximum Gasteiger partial charge on any atom is 0.259 e. The maximum atomic E-state index is 10.9. The van der Waals surface area contributed by atoms with Crippen LogP contribution >= 0.6 is 15.9 Å². The number of primary amides is 1. The predicted molar refractivity (Wildman–Crippen MR) is 65.1 cm³/mol. The standard InChI is InChI=1S/C11H9BrN2O3/c1-17-10-3-6(8(12)4-9(10)15)2-7(5-13)11(14)16/h2-4,15H,1H3,(H2,14,16)/b7-2+. The molecule has 0 fully saturated rings. The first kappa shape index (κ1) is 13.1. The van der Waals surface area contributed by atoms with Crippen molar-refractivity contribution in [1.82, 2.24) is 0 Å². The quantitative estimate of drug-likeness (QED) is 0.653. The van der Waals surface area contributed by atoms with Crippen LogP contribution in [0.4, 0.5) is 0 Å². The molecule has 0 aliphatic heterocycles. The SMILES string of the molecule is COc1cc(/C=C(\C#N)C(N)=O)c(Br)cc1O. The molecule has 17 heavy (non-hydrogen) atoms. The molecular formula is C11H9BrN2O3. The van der Waals surface area contributed by atoms with Gasteiger partial charge in [-0.2, -0.15) is 5.26 Å². The number of amides is 1. The molecule has 0 saturated heterocycles. The highest BCUT2D eigenvalue weighted by atomic mass is 79.9. The van der Waals surface area contributed by atoms with Crippen molar-refractivity contribution in [1.29, 1.82) is 5.26 Å². The third kappa shape index (κ3) is 2.98. The third-order valence-electron chi connectivity index (χ3n) is 1.98. The van der Waals surface area contributed by atoms with E-state index in [1.165, 1.54) is 25.3 Å². The van der Waals surface area contributed by atoms with Crippen LogP contribution in [-0.2, 0) is 4.79 Å². The van der Waals surface area contributed by atoms with Gasteiger partial charge in [0, 0.05) is 4.47 Å². The topological polar surface area (TPSA) is 96.3 Å². The molecule has 0 radical (unpaired) electrons. The Bertz CT molecular complexity index is 532. The lowest BCUT2D eigenvalue weighted by Crippen LogP contribution is -2.12. The average Bonchev–Trinajstić information content (AvgIpc) is 2.27. The van der Waals surface area contributed by atoms with Gasteiger partial charge < -0.3 is 15.6 Å². The molecule has 0 aliphatic carbocycles. The molecular weight excluding hydrogens is 288 g/mol. The zero-order valence-corrected chi connectivity index (χ0v) is 10.5. The number of benzene rings is 1. The van der Waals surface area contributed by atoms with Crippen LogP contribution in [0.5, 0.6) is 11.5 Å². The molecule has 3 N–H and O–H groups in total. The van der Waals surface area contributed by atoms with Crippen molar-refractivity contribution in [2.45, 2.75) is 0 Å². The van der Waals surface area contributed by atoms with Gasteiger partial charge in [0.15, 0.2) is 11.5 Å². The van der Waals surface area contributed by atoms with Crippen LogP contribution in [0.1, 0.15) is 5.56 Å². The fourth-order valence-electron chi connectivity index (χ4n) is 1.15. The summed E-state index contributed by atoms with van der Waals surface area (Å²) in [6, 6.07) is 4.58. The molecule has 0 saturated carbocycles. The van der Waals surface area contributed by atoms with Gasteiger partial charge in [0.2, 0.25) is 0 Å². The Hall–Kier alpha value is -2.00. The summed E-state index contributed by atoms with van der Waals surface area (Å²) in [5.74, 6) is -0.623. The maximum absolute atomic E-state index is 10.9. The van der Waals surface area contributed by atoms with Crippen molar-refractivity contribution >= 4 is 27.9 Å². The van der Waals surface area contributed by atoms with E-state index in [1.54, 1.807) is 6.07 Å². The molecule has 0 bridgehead atoms. The van der Waals surface area contributed by atoms with Gasteiger partial charge in [0.05, 0.1) is 7.11 Å². The van der Waals surface area contributed by atoms with E-state index < -0.39 is 5.91 Å². The van der Waals surface area contributed by atoms with Gasteiger partial charge in [0.1, 0.15) is 11.6 Å². The molecule has 0 atom stereocenters. The first-order valence-electron chi connectivity index (χ1n) is 4.47. The number of rotatable bonds is 3. The normalized spacial score (nSPS) is 10.8. The van der Waals surface area contributed by atoms with Crippen molar-refractivity contribution in [2.75, 3.05) is 7.11 Å². The fraction of sp³-hybridized carbons (Fsp3) is 0.0909. The van der Waals surface area contributed by atoms with E-state index in [1.807, 2.05) is 0 Å². The number of ether oxygens (including phenoxy) is 1. The number of phenolic OH excluding ortho intramolecular Hbond substituents is 1. The van der Waals surface area contributed by atoms with Crippen molar-refractivity contribution in [2.24, 2.45) is 5.73 Å². The van der Waals surface area contributed by atoms with Gasteiger partial charge in [-0.1, -0.05) is 15.9 Å². The predicted octanol–water partition coefficient (Wildman–Crippen LogP) is 1.56. The van der Waals surface area contributed by atoms with E-state index in [9.17, 15) is 9.90 Å². The number of aromatic hydroxyl groups is 1. The summed E-state index contributed by atoms with van der Waals surface area (Å²) in [6.07, 6.45) is 1.31.